The Morgan fingerprint density at radius 3 is 2.63 bits per heavy atom. The van der Waals surface area contributed by atoms with E-state index in [1.807, 2.05) is 0 Å². The fourth-order valence-corrected chi connectivity index (χ4v) is 3.60. The van der Waals surface area contributed by atoms with Crippen LogP contribution in [0.15, 0.2) is 23.1 Å². The molecule has 1 saturated carbocycles. The summed E-state index contributed by atoms with van der Waals surface area (Å²) in [6.45, 7) is 2.08. The molecule has 0 bridgehead atoms. The first-order valence-electron chi connectivity index (χ1n) is 6.22. The van der Waals surface area contributed by atoms with Crippen LogP contribution in [0.4, 0.5) is 4.39 Å². The number of hydrogen-bond acceptors (Lipinski definition) is 3. The third-order valence-electron chi connectivity index (χ3n) is 3.66. The van der Waals surface area contributed by atoms with Crippen molar-refractivity contribution in [2.45, 2.75) is 24.8 Å². The zero-order valence-electron chi connectivity index (χ0n) is 11.0. The van der Waals surface area contributed by atoms with Gasteiger partial charge in [-0.05, 0) is 36.0 Å². The normalized spacial score (nSPS) is 22.8. The average molecular weight is 287 g/mol. The van der Waals surface area contributed by atoms with E-state index in [1.165, 1.54) is 17.4 Å². The van der Waals surface area contributed by atoms with Gasteiger partial charge in [-0.25, -0.2) is 17.1 Å². The zero-order valence-corrected chi connectivity index (χ0v) is 11.8. The summed E-state index contributed by atoms with van der Waals surface area (Å²) in [5, 5.41) is 9.19. The minimum absolute atomic E-state index is 0.147. The van der Waals surface area contributed by atoms with Gasteiger partial charge in [0.05, 0.1) is 11.5 Å². The van der Waals surface area contributed by atoms with Crippen molar-refractivity contribution in [3.8, 4) is 0 Å². The topological polar surface area (TPSA) is 57.6 Å². The van der Waals surface area contributed by atoms with Crippen molar-refractivity contribution < 1.29 is 17.9 Å². The van der Waals surface area contributed by atoms with Gasteiger partial charge in [-0.2, -0.15) is 0 Å². The molecule has 1 aliphatic carbocycles. The first-order chi connectivity index (χ1) is 8.86. The second-order valence-electron chi connectivity index (χ2n) is 5.17. The number of sulfonamides is 1. The van der Waals surface area contributed by atoms with Gasteiger partial charge in [0, 0.05) is 13.6 Å². The lowest BCUT2D eigenvalue weighted by atomic mass is 10.2. The number of halogens is 1. The van der Waals surface area contributed by atoms with Crippen LogP contribution in [-0.4, -0.2) is 31.4 Å². The molecule has 1 aliphatic rings. The molecule has 1 aromatic carbocycles. The maximum absolute atomic E-state index is 13.2. The molecule has 0 heterocycles. The number of nitrogens with zero attached hydrogens (tertiary/aromatic N) is 1. The van der Waals surface area contributed by atoms with Crippen LogP contribution in [0.1, 0.15) is 18.9 Å². The first kappa shape index (κ1) is 14.4. The quantitative estimate of drug-likeness (QED) is 0.895. The highest BCUT2D eigenvalue weighted by Crippen LogP contribution is 2.38. The van der Waals surface area contributed by atoms with Crippen molar-refractivity contribution in [2.24, 2.45) is 11.8 Å². The first-order valence-corrected chi connectivity index (χ1v) is 7.66. The van der Waals surface area contributed by atoms with E-state index < -0.39 is 22.4 Å². The lowest BCUT2D eigenvalue weighted by Gasteiger charge is -2.19. The Hall–Kier alpha value is -0.980. The minimum atomic E-state index is -3.75. The summed E-state index contributed by atoms with van der Waals surface area (Å²) in [6.07, 6.45) is 1.02. The highest BCUT2D eigenvalue weighted by atomic mass is 32.2. The van der Waals surface area contributed by atoms with Gasteiger partial charge in [0.1, 0.15) is 5.82 Å². The van der Waals surface area contributed by atoms with E-state index in [-0.39, 0.29) is 10.5 Å². The molecule has 106 valence electrons. The summed E-state index contributed by atoms with van der Waals surface area (Å²) >= 11 is 0. The van der Waals surface area contributed by atoms with Gasteiger partial charge < -0.3 is 5.11 Å². The molecule has 1 aromatic rings. The molecule has 0 aliphatic heterocycles. The fourth-order valence-electron chi connectivity index (χ4n) is 2.15. The maximum atomic E-state index is 13.2. The van der Waals surface area contributed by atoms with E-state index in [0.717, 1.165) is 18.6 Å². The summed E-state index contributed by atoms with van der Waals surface area (Å²) < 4.78 is 39.3. The number of rotatable bonds is 5. The third-order valence-corrected chi connectivity index (χ3v) is 5.56. The largest absolute Gasteiger partial charge is 0.392 e. The van der Waals surface area contributed by atoms with Crippen molar-refractivity contribution in [2.75, 3.05) is 13.6 Å². The van der Waals surface area contributed by atoms with Crippen LogP contribution in [-0.2, 0) is 16.6 Å². The predicted molar refractivity (Wildman–Crippen MR) is 69.4 cm³/mol. The number of hydrogen-bond donors (Lipinski definition) is 1. The van der Waals surface area contributed by atoms with Crippen LogP contribution < -0.4 is 0 Å². The minimum Gasteiger partial charge on any atom is -0.392 e. The molecule has 0 saturated heterocycles. The van der Waals surface area contributed by atoms with Crippen LogP contribution in [0.5, 0.6) is 0 Å². The molecule has 0 amide bonds. The molecule has 19 heavy (non-hydrogen) atoms. The average Bonchev–Trinajstić information content (AvgIpc) is 3.04. The Labute approximate surface area is 112 Å². The maximum Gasteiger partial charge on any atom is 0.243 e. The Kier molecular flexibility index (Phi) is 3.94. The van der Waals surface area contributed by atoms with Gasteiger partial charge in [0.2, 0.25) is 10.0 Å². The van der Waals surface area contributed by atoms with E-state index in [0.29, 0.717) is 18.4 Å². The van der Waals surface area contributed by atoms with Gasteiger partial charge in [-0.1, -0.05) is 13.0 Å². The summed E-state index contributed by atoms with van der Waals surface area (Å²) in [6, 6.07) is 3.41. The summed E-state index contributed by atoms with van der Waals surface area (Å²) in [5.41, 5.74) is 0.220. The molecule has 0 radical (unpaired) electrons. The predicted octanol–water partition coefficient (Wildman–Crippen LogP) is 1.59. The summed E-state index contributed by atoms with van der Waals surface area (Å²) in [4.78, 5) is -0.147. The molecule has 6 heteroatoms. The molecular formula is C13H18FNO3S. The molecule has 4 nitrogen and oxygen atoms in total. The molecule has 0 spiro atoms. The number of aliphatic hydroxyl groups excluding tert-OH is 1. The van der Waals surface area contributed by atoms with Gasteiger partial charge >= 0.3 is 0 Å². The van der Waals surface area contributed by atoms with Gasteiger partial charge in [0.15, 0.2) is 0 Å². The Bertz CT molecular complexity index is 573. The van der Waals surface area contributed by atoms with Gasteiger partial charge in [-0.15, -0.1) is 0 Å². The standard InChI is InChI=1S/C13H18FNO3S/c1-9-5-11(9)7-15(2)19(17,18)13-6-12(14)4-3-10(13)8-16/h3-4,6,9,11,16H,5,7-8H2,1-2H3. The number of aliphatic hydroxyl groups is 1. The molecule has 2 unspecified atom stereocenters. The Morgan fingerprint density at radius 1 is 1.47 bits per heavy atom. The van der Waals surface area contributed by atoms with Crippen molar-refractivity contribution in [3.05, 3.63) is 29.6 Å². The highest BCUT2D eigenvalue weighted by molar-refractivity contribution is 7.89. The molecule has 1 fully saturated rings. The summed E-state index contributed by atoms with van der Waals surface area (Å²) in [7, 11) is -2.26. The Morgan fingerprint density at radius 2 is 2.11 bits per heavy atom. The van der Waals surface area contributed by atoms with Crippen LogP contribution in [0, 0.1) is 17.7 Å². The monoisotopic (exact) mass is 287 g/mol. The molecule has 2 atom stereocenters. The van der Waals surface area contributed by atoms with E-state index >= 15 is 0 Å². The van der Waals surface area contributed by atoms with Crippen molar-refractivity contribution in [1.29, 1.82) is 0 Å². The molecular weight excluding hydrogens is 269 g/mol. The Balaban J connectivity index is 2.30. The van der Waals surface area contributed by atoms with E-state index in [4.69, 9.17) is 0 Å². The van der Waals surface area contributed by atoms with Crippen LogP contribution in [0.2, 0.25) is 0 Å². The van der Waals surface area contributed by atoms with Crippen LogP contribution in [0.3, 0.4) is 0 Å². The van der Waals surface area contributed by atoms with Gasteiger partial charge in [0.25, 0.3) is 0 Å². The van der Waals surface area contributed by atoms with Gasteiger partial charge in [-0.3, -0.25) is 0 Å². The second-order valence-corrected chi connectivity index (χ2v) is 7.18. The van der Waals surface area contributed by atoms with E-state index in [9.17, 15) is 17.9 Å². The highest BCUT2D eigenvalue weighted by Gasteiger charge is 2.36. The fraction of sp³-hybridized carbons (Fsp3) is 0.538. The molecule has 1 N–H and O–H groups in total. The van der Waals surface area contributed by atoms with Crippen LogP contribution in [0.25, 0.3) is 0 Å². The lowest BCUT2D eigenvalue weighted by molar-refractivity contribution is 0.278. The third kappa shape index (κ3) is 2.96. The zero-order chi connectivity index (χ0) is 14.2. The molecule has 2 rings (SSSR count). The van der Waals surface area contributed by atoms with Crippen molar-refractivity contribution in [1.82, 2.24) is 4.31 Å². The molecule has 0 aromatic heterocycles. The SMILES string of the molecule is CC1CC1CN(C)S(=O)(=O)c1cc(F)ccc1CO. The van der Waals surface area contributed by atoms with Crippen LogP contribution >= 0.6 is 0 Å². The lowest BCUT2D eigenvalue weighted by Crippen LogP contribution is -2.30. The number of benzene rings is 1. The smallest absolute Gasteiger partial charge is 0.243 e. The van der Waals surface area contributed by atoms with E-state index in [1.54, 1.807) is 0 Å². The van der Waals surface area contributed by atoms with Crippen molar-refractivity contribution >= 4 is 10.0 Å². The van der Waals surface area contributed by atoms with E-state index in [2.05, 4.69) is 6.92 Å². The summed E-state index contributed by atoms with van der Waals surface area (Å²) in [5.74, 6) is 0.303. The van der Waals surface area contributed by atoms with Crippen molar-refractivity contribution in [3.63, 3.8) is 0 Å². The second kappa shape index (κ2) is 5.19.